The average Bonchev–Trinajstić information content (AvgIpc) is 3.10. The molecule has 3 aromatic rings. The van der Waals surface area contributed by atoms with Crippen LogP contribution in [0.25, 0.3) is 10.8 Å². The van der Waals surface area contributed by atoms with Gasteiger partial charge in [-0.15, -0.1) is 0 Å². The molecule has 1 fully saturated rings. The number of rotatable bonds is 3. The third-order valence-electron chi connectivity index (χ3n) is 5.09. The maximum atomic E-state index is 12.5. The van der Waals surface area contributed by atoms with E-state index in [1.807, 2.05) is 30.3 Å². The van der Waals surface area contributed by atoms with Crippen molar-refractivity contribution in [3.8, 4) is 0 Å². The number of hydrogen-bond donors (Lipinski definition) is 1. The highest BCUT2D eigenvalue weighted by molar-refractivity contribution is 5.94. The predicted molar refractivity (Wildman–Crippen MR) is 98.2 cm³/mol. The Balaban J connectivity index is 1.62. The second kappa shape index (κ2) is 6.48. The van der Waals surface area contributed by atoms with Crippen molar-refractivity contribution in [3.05, 3.63) is 83.9 Å². The summed E-state index contributed by atoms with van der Waals surface area (Å²) in [6, 6.07) is 24.7. The zero-order valence-corrected chi connectivity index (χ0v) is 13.6. The molecule has 4 rings (SSSR count). The molecule has 2 nitrogen and oxygen atoms in total. The van der Waals surface area contributed by atoms with Gasteiger partial charge in [0.05, 0.1) is 0 Å². The smallest absolute Gasteiger partial charge is 0.251 e. The van der Waals surface area contributed by atoms with Crippen LogP contribution in [0.3, 0.4) is 0 Å². The number of nitrogens with one attached hydrogen (secondary N) is 1. The summed E-state index contributed by atoms with van der Waals surface area (Å²) in [5.41, 5.74) is 2.10. The highest BCUT2D eigenvalue weighted by Crippen LogP contribution is 2.38. The molecule has 1 saturated carbocycles. The van der Waals surface area contributed by atoms with Crippen LogP contribution in [0.4, 0.5) is 0 Å². The fourth-order valence-electron chi connectivity index (χ4n) is 3.92. The largest absolute Gasteiger partial charge is 0.349 e. The first-order valence-electron chi connectivity index (χ1n) is 8.66. The zero-order chi connectivity index (χ0) is 16.4. The van der Waals surface area contributed by atoms with E-state index < -0.39 is 0 Å². The molecule has 1 aliphatic carbocycles. The molecule has 1 amide bonds. The van der Waals surface area contributed by atoms with E-state index >= 15 is 0 Å². The monoisotopic (exact) mass is 315 g/mol. The molecule has 120 valence electrons. The minimum Gasteiger partial charge on any atom is -0.349 e. The molecule has 2 heteroatoms. The third kappa shape index (κ3) is 2.80. The van der Waals surface area contributed by atoms with Gasteiger partial charge < -0.3 is 5.32 Å². The summed E-state index contributed by atoms with van der Waals surface area (Å²) >= 11 is 0. The van der Waals surface area contributed by atoms with Crippen molar-refractivity contribution in [1.29, 1.82) is 0 Å². The molecule has 0 unspecified atom stereocenters. The Labute approximate surface area is 142 Å². The molecule has 1 aliphatic rings. The first-order valence-corrected chi connectivity index (χ1v) is 8.66. The number of carbonyl (C=O) groups is 1. The number of amides is 1. The Bertz CT molecular complexity index is 851. The Hall–Kier alpha value is -2.61. The Morgan fingerprint density at radius 2 is 1.58 bits per heavy atom. The summed E-state index contributed by atoms with van der Waals surface area (Å²) in [7, 11) is 0. The van der Waals surface area contributed by atoms with Crippen LogP contribution in [0, 0.1) is 0 Å². The van der Waals surface area contributed by atoms with Crippen molar-refractivity contribution in [3.63, 3.8) is 0 Å². The first kappa shape index (κ1) is 14.9. The van der Waals surface area contributed by atoms with Gasteiger partial charge in [-0.2, -0.15) is 0 Å². The summed E-state index contributed by atoms with van der Waals surface area (Å²) in [6.45, 7) is 0. The molecule has 1 N–H and O–H groups in total. The van der Waals surface area contributed by atoms with Crippen molar-refractivity contribution < 1.29 is 4.79 Å². The normalized spacial score (nSPS) is 20.2. The summed E-state index contributed by atoms with van der Waals surface area (Å²) in [5.74, 6) is 0.427. The van der Waals surface area contributed by atoms with Gasteiger partial charge in [0.25, 0.3) is 5.91 Å². The van der Waals surface area contributed by atoms with Gasteiger partial charge in [-0.1, -0.05) is 67.1 Å². The average molecular weight is 315 g/mol. The van der Waals surface area contributed by atoms with Crippen LogP contribution in [0.15, 0.2) is 72.8 Å². The molecule has 0 spiro atoms. The van der Waals surface area contributed by atoms with Gasteiger partial charge in [0, 0.05) is 17.5 Å². The molecular weight excluding hydrogens is 294 g/mol. The predicted octanol–water partition coefficient (Wildman–Crippen LogP) is 4.91. The topological polar surface area (TPSA) is 29.1 Å². The lowest BCUT2D eigenvalue weighted by Gasteiger charge is -2.23. The van der Waals surface area contributed by atoms with Crippen LogP contribution in [-0.2, 0) is 0 Å². The summed E-state index contributed by atoms with van der Waals surface area (Å²) < 4.78 is 0. The molecule has 24 heavy (non-hydrogen) atoms. The minimum absolute atomic E-state index is 0.0349. The van der Waals surface area contributed by atoms with Gasteiger partial charge in [0.1, 0.15) is 0 Å². The van der Waals surface area contributed by atoms with Crippen LogP contribution >= 0.6 is 0 Å². The Morgan fingerprint density at radius 3 is 2.46 bits per heavy atom. The van der Waals surface area contributed by atoms with E-state index in [1.165, 1.54) is 16.3 Å². The second-order valence-electron chi connectivity index (χ2n) is 6.55. The molecule has 3 aromatic carbocycles. The molecule has 0 aromatic heterocycles. The van der Waals surface area contributed by atoms with Crippen molar-refractivity contribution in [1.82, 2.24) is 5.32 Å². The van der Waals surface area contributed by atoms with Gasteiger partial charge in [-0.25, -0.2) is 0 Å². The van der Waals surface area contributed by atoms with Gasteiger partial charge in [-0.05, 0) is 41.3 Å². The van der Waals surface area contributed by atoms with E-state index in [1.54, 1.807) is 0 Å². The van der Waals surface area contributed by atoms with Crippen LogP contribution < -0.4 is 5.32 Å². The fraction of sp³-hybridized carbons (Fsp3) is 0.227. The van der Waals surface area contributed by atoms with Crippen LogP contribution in [-0.4, -0.2) is 11.9 Å². The lowest BCUT2D eigenvalue weighted by atomic mass is 9.89. The quantitative estimate of drug-likeness (QED) is 0.731. The van der Waals surface area contributed by atoms with Gasteiger partial charge in [-0.3, -0.25) is 4.79 Å². The number of carbonyl (C=O) groups excluding carboxylic acids is 1. The van der Waals surface area contributed by atoms with E-state index in [0.717, 1.165) is 24.8 Å². The standard InChI is InChI=1S/C22H21NO/c24-22(17-9-2-1-3-10-17)23-21-15-7-14-20(21)19-13-6-11-16-8-4-5-12-18(16)19/h1-6,8-13,20-21H,7,14-15H2,(H,23,24)/t20-,21+/m0/s1. The highest BCUT2D eigenvalue weighted by Gasteiger charge is 2.30. The van der Waals surface area contributed by atoms with E-state index in [4.69, 9.17) is 0 Å². The minimum atomic E-state index is 0.0349. The van der Waals surface area contributed by atoms with Crippen LogP contribution in [0.2, 0.25) is 0 Å². The maximum Gasteiger partial charge on any atom is 0.251 e. The lowest BCUT2D eigenvalue weighted by Crippen LogP contribution is -2.36. The third-order valence-corrected chi connectivity index (χ3v) is 5.09. The van der Waals surface area contributed by atoms with E-state index in [2.05, 4.69) is 47.8 Å². The number of benzene rings is 3. The molecule has 0 radical (unpaired) electrons. The maximum absolute atomic E-state index is 12.5. The fourth-order valence-corrected chi connectivity index (χ4v) is 3.92. The molecule has 2 atom stereocenters. The zero-order valence-electron chi connectivity index (χ0n) is 13.6. The molecule has 0 heterocycles. The highest BCUT2D eigenvalue weighted by atomic mass is 16.1. The van der Waals surface area contributed by atoms with Gasteiger partial charge in [0.15, 0.2) is 0 Å². The van der Waals surface area contributed by atoms with Gasteiger partial charge in [0.2, 0.25) is 0 Å². The summed E-state index contributed by atoms with van der Waals surface area (Å²) in [5, 5.41) is 5.85. The van der Waals surface area contributed by atoms with E-state index in [0.29, 0.717) is 5.92 Å². The van der Waals surface area contributed by atoms with Crippen molar-refractivity contribution in [2.45, 2.75) is 31.2 Å². The molecule has 0 saturated heterocycles. The number of hydrogen-bond acceptors (Lipinski definition) is 1. The van der Waals surface area contributed by atoms with Crippen molar-refractivity contribution >= 4 is 16.7 Å². The first-order chi connectivity index (χ1) is 11.8. The lowest BCUT2D eigenvalue weighted by molar-refractivity contribution is 0.0934. The van der Waals surface area contributed by atoms with Crippen LogP contribution in [0.5, 0.6) is 0 Å². The van der Waals surface area contributed by atoms with Crippen LogP contribution in [0.1, 0.15) is 41.1 Å². The second-order valence-corrected chi connectivity index (χ2v) is 6.55. The molecule has 0 aliphatic heterocycles. The van der Waals surface area contributed by atoms with E-state index in [9.17, 15) is 4.79 Å². The van der Waals surface area contributed by atoms with E-state index in [-0.39, 0.29) is 11.9 Å². The summed E-state index contributed by atoms with van der Waals surface area (Å²) in [4.78, 5) is 12.5. The van der Waals surface area contributed by atoms with Gasteiger partial charge >= 0.3 is 0 Å². The molecular formula is C22H21NO. The Morgan fingerprint density at radius 1 is 0.833 bits per heavy atom. The Kier molecular flexibility index (Phi) is 4.04. The number of fused-ring (bicyclic) bond motifs is 1. The molecule has 0 bridgehead atoms. The van der Waals surface area contributed by atoms with Crippen molar-refractivity contribution in [2.24, 2.45) is 0 Å². The van der Waals surface area contributed by atoms with Crippen molar-refractivity contribution in [2.75, 3.05) is 0 Å². The SMILES string of the molecule is O=C(N[C@@H]1CCC[C@H]1c1cccc2ccccc12)c1ccccc1. The summed E-state index contributed by atoms with van der Waals surface area (Å²) in [6.07, 6.45) is 3.34.